The van der Waals surface area contributed by atoms with Gasteiger partial charge < -0.3 is 39.6 Å². The third-order valence-electron chi connectivity index (χ3n) is 7.11. The minimum Gasteiger partial charge on any atom is -0.508 e. The van der Waals surface area contributed by atoms with E-state index in [1.165, 1.54) is 62.8 Å². The Balaban J connectivity index is 0.000000211. The van der Waals surface area contributed by atoms with Crippen LogP contribution in [0.5, 0.6) is 23.0 Å². The highest BCUT2D eigenvalue weighted by Gasteiger charge is 2.40. The van der Waals surface area contributed by atoms with E-state index < -0.39 is 39.7 Å². The van der Waals surface area contributed by atoms with Crippen molar-refractivity contribution in [3.8, 4) is 34.3 Å². The van der Waals surface area contributed by atoms with Crippen molar-refractivity contribution in [1.82, 2.24) is 5.32 Å². The van der Waals surface area contributed by atoms with E-state index in [9.17, 15) is 44.9 Å². The molecule has 238 valence electrons. The van der Waals surface area contributed by atoms with Crippen LogP contribution in [0.3, 0.4) is 0 Å². The monoisotopic (exact) mass is 632 g/mol. The Morgan fingerprint density at radius 2 is 1.48 bits per heavy atom. The number of nitrogens with one attached hydrogen (secondary N) is 1. The Labute approximate surface area is 260 Å². The number of phenolic OH excluding ortho intramolecular Hbond substituents is 3. The number of para-hydroxylation sites is 1. The number of methoxy groups -OCH3 is 2. The standard InChI is InChI=1S/C17H18N2O6.C15H10O6/c1-9-13(16(20)24-3)15(14(10(2)18-9)17(21)25-4)11-7-5-6-8-12(11)19(22)23;16-8-2-3-9-12(6-8)21-15(14(20)13(9)19)7-1-4-10(17)11(18)5-7/h5-8,15,18H,1-4H3;1-6,16-18,20H. The summed E-state index contributed by atoms with van der Waals surface area (Å²) in [6.45, 7) is 3.29. The van der Waals surface area contributed by atoms with Crippen LogP contribution in [0.25, 0.3) is 22.3 Å². The van der Waals surface area contributed by atoms with Gasteiger partial charge in [0.1, 0.15) is 11.3 Å². The molecule has 0 radical (unpaired) electrons. The molecule has 1 aromatic heterocycles. The first kappa shape index (κ1) is 32.6. The summed E-state index contributed by atoms with van der Waals surface area (Å²) in [7, 11) is 2.42. The molecule has 0 unspecified atom stereocenters. The molecular weight excluding hydrogens is 604 g/mol. The van der Waals surface area contributed by atoms with Crippen LogP contribution >= 0.6 is 0 Å². The van der Waals surface area contributed by atoms with Gasteiger partial charge in [-0.3, -0.25) is 14.9 Å². The van der Waals surface area contributed by atoms with Crippen LogP contribution in [0.2, 0.25) is 0 Å². The number of aromatic hydroxyl groups is 4. The molecule has 0 atom stereocenters. The number of phenols is 3. The zero-order valence-corrected chi connectivity index (χ0v) is 24.9. The maximum Gasteiger partial charge on any atom is 0.336 e. The number of esters is 2. The minimum absolute atomic E-state index is 0.0872. The minimum atomic E-state index is -0.970. The largest absolute Gasteiger partial charge is 0.508 e. The second-order valence-corrected chi connectivity index (χ2v) is 9.93. The Hall–Kier alpha value is -6.31. The fraction of sp³-hybridized carbons (Fsp3) is 0.156. The summed E-state index contributed by atoms with van der Waals surface area (Å²) in [4.78, 5) is 47.7. The Bertz CT molecular complexity index is 1970. The molecule has 0 amide bonds. The molecule has 0 spiro atoms. The van der Waals surface area contributed by atoms with Gasteiger partial charge >= 0.3 is 11.9 Å². The topological polar surface area (TPSA) is 219 Å². The Morgan fingerprint density at radius 1 is 0.870 bits per heavy atom. The van der Waals surface area contributed by atoms with Crippen molar-refractivity contribution >= 4 is 28.6 Å². The summed E-state index contributed by atoms with van der Waals surface area (Å²) in [5.74, 6) is -3.93. The number of ether oxygens (including phenoxy) is 2. The SMILES string of the molecule is COC(=O)C1=C(C)NC(C)=C(C(=O)OC)C1c1ccccc1[N+](=O)[O-].O=c1c(O)c(-c2ccc(O)c(O)c2)oc2cc(O)ccc12. The van der Waals surface area contributed by atoms with Gasteiger partial charge in [-0.2, -0.15) is 0 Å². The number of carbonyl (C=O) groups is 2. The first-order valence-electron chi connectivity index (χ1n) is 13.4. The summed E-state index contributed by atoms with van der Waals surface area (Å²) in [5, 5.41) is 52.7. The quantitative estimate of drug-likeness (QED) is 0.0889. The van der Waals surface area contributed by atoms with Gasteiger partial charge in [0.2, 0.25) is 11.2 Å². The first-order valence-corrected chi connectivity index (χ1v) is 13.4. The number of carbonyl (C=O) groups excluding carboxylic acids is 2. The molecule has 4 aromatic rings. The van der Waals surface area contributed by atoms with Gasteiger partial charge in [-0.05, 0) is 44.2 Å². The van der Waals surface area contributed by atoms with Crippen LogP contribution in [-0.4, -0.2) is 51.5 Å². The maximum absolute atomic E-state index is 12.3. The van der Waals surface area contributed by atoms with Crippen LogP contribution in [0.15, 0.2) is 92.4 Å². The van der Waals surface area contributed by atoms with Crippen LogP contribution in [-0.2, 0) is 19.1 Å². The molecule has 3 aromatic carbocycles. The molecule has 5 N–H and O–H groups in total. The average Bonchev–Trinajstić information content (AvgIpc) is 3.03. The summed E-state index contributed by atoms with van der Waals surface area (Å²) in [6.07, 6.45) is 0. The van der Waals surface area contributed by atoms with Gasteiger partial charge in [0, 0.05) is 34.7 Å². The summed E-state index contributed by atoms with van der Waals surface area (Å²) in [6, 6.07) is 13.6. The van der Waals surface area contributed by atoms with Crippen LogP contribution in [0.1, 0.15) is 25.3 Å². The number of nitro groups is 1. The molecule has 0 bridgehead atoms. The molecule has 0 saturated carbocycles. The highest BCUT2D eigenvalue weighted by molar-refractivity contribution is 6.00. The number of allylic oxidation sites excluding steroid dienone is 2. The highest BCUT2D eigenvalue weighted by atomic mass is 16.6. The van der Waals surface area contributed by atoms with Gasteiger partial charge in [-0.15, -0.1) is 0 Å². The number of hydrogen-bond donors (Lipinski definition) is 5. The summed E-state index contributed by atoms with van der Waals surface area (Å²) in [5.41, 5.74) is 0.849. The maximum atomic E-state index is 12.3. The molecule has 0 saturated heterocycles. The zero-order chi connectivity index (χ0) is 33.9. The number of rotatable bonds is 5. The number of nitrogens with zero attached hydrogens (tertiary/aromatic N) is 1. The van der Waals surface area contributed by atoms with E-state index in [0.717, 1.165) is 6.07 Å². The zero-order valence-electron chi connectivity index (χ0n) is 24.9. The van der Waals surface area contributed by atoms with E-state index in [4.69, 9.17) is 13.9 Å². The van der Waals surface area contributed by atoms with E-state index in [-0.39, 0.29) is 56.2 Å². The second-order valence-electron chi connectivity index (χ2n) is 9.93. The van der Waals surface area contributed by atoms with Crippen molar-refractivity contribution in [3.05, 3.63) is 109 Å². The van der Waals surface area contributed by atoms with E-state index in [1.54, 1.807) is 19.9 Å². The number of benzene rings is 3. The molecule has 0 aliphatic carbocycles. The molecule has 14 nitrogen and oxygen atoms in total. The van der Waals surface area contributed by atoms with Crippen molar-refractivity contribution in [2.45, 2.75) is 19.8 Å². The average molecular weight is 633 g/mol. The van der Waals surface area contributed by atoms with Crippen molar-refractivity contribution in [3.63, 3.8) is 0 Å². The predicted molar refractivity (Wildman–Crippen MR) is 163 cm³/mol. The molecule has 14 heteroatoms. The fourth-order valence-corrected chi connectivity index (χ4v) is 5.00. The third kappa shape index (κ3) is 6.17. The van der Waals surface area contributed by atoms with Crippen molar-refractivity contribution in [2.24, 2.45) is 0 Å². The van der Waals surface area contributed by atoms with Crippen molar-refractivity contribution < 1.29 is 48.8 Å². The van der Waals surface area contributed by atoms with E-state index >= 15 is 0 Å². The lowest BCUT2D eigenvalue weighted by Crippen LogP contribution is -2.32. The van der Waals surface area contributed by atoms with E-state index in [1.807, 2.05) is 0 Å². The molecular formula is C32H28N2O12. The lowest BCUT2D eigenvalue weighted by atomic mass is 9.79. The first-order chi connectivity index (χ1) is 21.8. The lowest BCUT2D eigenvalue weighted by molar-refractivity contribution is -0.385. The van der Waals surface area contributed by atoms with Crippen molar-refractivity contribution in [1.29, 1.82) is 0 Å². The Kier molecular flexibility index (Phi) is 9.31. The molecule has 5 rings (SSSR count). The van der Waals surface area contributed by atoms with Crippen LogP contribution in [0.4, 0.5) is 5.69 Å². The smallest absolute Gasteiger partial charge is 0.336 e. The molecule has 1 aliphatic heterocycles. The van der Waals surface area contributed by atoms with Gasteiger partial charge in [0.15, 0.2) is 17.3 Å². The van der Waals surface area contributed by atoms with Crippen LogP contribution in [0, 0.1) is 10.1 Å². The normalized spacial score (nSPS) is 13.0. The fourth-order valence-electron chi connectivity index (χ4n) is 5.00. The molecule has 0 fully saturated rings. The van der Waals surface area contributed by atoms with E-state index in [2.05, 4.69) is 5.32 Å². The summed E-state index contributed by atoms with van der Waals surface area (Å²) >= 11 is 0. The van der Waals surface area contributed by atoms with Gasteiger partial charge in [0.25, 0.3) is 5.69 Å². The lowest BCUT2D eigenvalue weighted by Gasteiger charge is -2.29. The third-order valence-corrected chi connectivity index (χ3v) is 7.11. The molecule has 2 heterocycles. The number of dihydropyridines is 1. The Morgan fingerprint density at radius 3 is 2.04 bits per heavy atom. The van der Waals surface area contributed by atoms with Crippen molar-refractivity contribution in [2.75, 3.05) is 14.2 Å². The van der Waals surface area contributed by atoms with Gasteiger partial charge in [0.05, 0.1) is 41.6 Å². The number of fused-ring (bicyclic) bond motifs is 1. The second kappa shape index (κ2) is 13.1. The van der Waals surface area contributed by atoms with E-state index in [0.29, 0.717) is 11.4 Å². The van der Waals surface area contributed by atoms with Gasteiger partial charge in [-0.25, -0.2) is 9.59 Å². The highest BCUT2D eigenvalue weighted by Crippen LogP contribution is 2.42. The van der Waals surface area contributed by atoms with Gasteiger partial charge in [-0.1, -0.05) is 18.2 Å². The molecule has 1 aliphatic rings. The number of nitro benzene ring substituents is 1. The van der Waals surface area contributed by atoms with Crippen LogP contribution < -0.4 is 10.7 Å². The summed E-state index contributed by atoms with van der Waals surface area (Å²) < 4.78 is 15.1. The predicted octanol–water partition coefficient (Wildman–Crippen LogP) is 4.46. The number of hydrogen-bond acceptors (Lipinski definition) is 13. The molecule has 46 heavy (non-hydrogen) atoms.